The molecule has 0 atom stereocenters. The molecule has 0 nitrogen and oxygen atoms in total. The van der Waals surface area contributed by atoms with Gasteiger partial charge in [-0.05, 0) is 0 Å². The zero-order valence-corrected chi connectivity index (χ0v) is 26.5. The van der Waals surface area contributed by atoms with E-state index in [2.05, 4.69) is 91.9 Å². The van der Waals surface area contributed by atoms with Gasteiger partial charge in [0, 0.05) is 0 Å². The van der Waals surface area contributed by atoms with Crippen LogP contribution in [0.3, 0.4) is 0 Å². The van der Waals surface area contributed by atoms with Gasteiger partial charge in [-0.2, -0.15) is 0 Å². The summed E-state index contributed by atoms with van der Waals surface area (Å²) < 4.78 is 46.2. The van der Waals surface area contributed by atoms with Crippen molar-refractivity contribution in [2.24, 2.45) is 0 Å². The average molecular weight is 666 g/mol. The van der Waals surface area contributed by atoms with Gasteiger partial charge in [-0.1, -0.05) is 0 Å². The second kappa shape index (κ2) is 10.1. The van der Waals surface area contributed by atoms with Crippen LogP contribution in [0.1, 0.15) is 11.1 Å². The normalized spacial score (nSPS) is 12.3. The quantitative estimate of drug-likeness (QED) is 0.127. The monoisotopic (exact) mass is 666 g/mol. The zero-order valence-electron chi connectivity index (χ0n) is 24.7. The molecule has 0 saturated carbocycles. The van der Waals surface area contributed by atoms with Crippen LogP contribution in [0.15, 0.2) is 133 Å². The average Bonchev–Trinajstić information content (AvgIpc) is 3.45. The number of alkyl halides is 3. The molecular formula is C42H25F3Se. The summed E-state index contributed by atoms with van der Waals surface area (Å²) in [5, 5.41) is 9.10. The van der Waals surface area contributed by atoms with E-state index in [0.717, 1.165) is 11.1 Å². The van der Waals surface area contributed by atoms with Crippen molar-refractivity contribution < 1.29 is 13.2 Å². The fraction of sp³-hybridized carbons (Fsp3) is 0.0476. The third-order valence-corrected chi connectivity index (χ3v) is 12.0. The minimum atomic E-state index is -4.47. The standard InChI is InChI=1S/C42H25F3Se/c1-24-26-11-2-4-13-28(26)38(29-14-5-3-12-27(24)29)25-21-22-37-36(23-25)34-19-10-20-35(41(34)46-37)39-30-15-6-8-17-32(30)40(42(43,44)45)33-18-9-7-16-31(33)39/h2-23H,1H3. The topological polar surface area (TPSA) is 0 Å². The van der Waals surface area contributed by atoms with Crippen LogP contribution < -0.4 is 0 Å². The summed E-state index contributed by atoms with van der Waals surface area (Å²) in [4.78, 5) is 0. The van der Waals surface area contributed by atoms with Gasteiger partial charge in [0.15, 0.2) is 0 Å². The molecule has 9 aromatic rings. The Morgan fingerprint density at radius 3 is 1.48 bits per heavy atom. The van der Waals surface area contributed by atoms with Crippen LogP contribution in [0.5, 0.6) is 0 Å². The van der Waals surface area contributed by atoms with Crippen molar-refractivity contribution in [2.45, 2.75) is 13.1 Å². The molecule has 0 N–H and O–H groups in total. The second-order valence-corrected chi connectivity index (χ2v) is 14.1. The van der Waals surface area contributed by atoms with Crippen molar-refractivity contribution in [2.75, 3.05) is 0 Å². The van der Waals surface area contributed by atoms with Crippen LogP contribution >= 0.6 is 0 Å². The Balaban J connectivity index is 1.36. The van der Waals surface area contributed by atoms with Gasteiger partial charge >= 0.3 is 270 Å². The summed E-state index contributed by atoms with van der Waals surface area (Å²) >= 11 is -0.0118. The maximum atomic E-state index is 14.6. The Morgan fingerprint density at radius 2 is 0.935 bits per heavy atom. The first-order chi connectivity index (χ1) is 22.4. The molecule has 0 saturated heterocycles. The number of aryl methyl sites for hydroxylation is 1. The maximum absolute atomic E-state index is 14.6. The van der Waals surface area contributed by atoms with E-state index in [0.29, 0.717) is 10.8 Å². The third-order valence-electron chi connectivity index (χ3n) is 9.47. The van der Waals surface area contributed by atoms with E-state index in [1.54, 1.807) is 24.3 Å². The number of halogens is 3. The van der Waals surface area contributed by atoms with Gasteiger partial charge in [0.2, 0.25) is 0 Å². The fourth-order valence-electron chi connectivity index (χ4n) is 7.53. The van der Waals surface area contributed by atoms with E-state index in [9.17, 15) is 13.2 Å². The molecule has 0 unspecified atom stereocenters. The van der Waals surface area contributed by atoms with Crippen molar-refractivity contribution in [1.29, 1.82) is 0 Å². The van der Waals surface area contributed by atoms with Gasteiger partial charge < -0.3 is 0 Å². The molecule has 0 aliphatic heterocycles. The van der Waals surface area contributed by atoms with E-state index in [1.807, 2.05) is 24.3 Å². The molecule has 46 heavy (non-hydrogen) atoms. The SMILES string of the molecule is Cc1c2ccccc2c(-c2ccc3[se]c4c(-c5c6ccccc6c(C(F)(F)F)c6ccccc56)cccc4c3c2)c2ccccc12. The molecule has 9 rings (SSSR count). The first kappa shape index (κ1) is 27.4. The Bertz CT molecular complexity index is 2580. The summed E-state index contributed by atoms with van der Waals surface area (Å²) in [5.41, 5.74) is 5.02. The van der Waals surface area contributed by atoms with Crippen LogP contribution in [0.25, 0.3) is 84.6 Å². The van der Waals surface area contributed by atoms with E-state index in [-0.39, 0.29) is 25.3 Å². The van der Waals surface area contributed by atoms with Gasteiger partial charge in [0.1, 0.15) is 0 Å². The summed E-state index contributed by atoms with van der Waals surface area (Å²) in [7, 11) is 0. The first-order valence-electron chi connectivity index (χ1n) is 15.3. The minimum absolute atomic E-state index is 0.0118. The fourth-order valence-corrected chi connectivity index (χ4v) is 10.1. The van der Waals surface area contributed by atoms with Gasteiger partial charge in [-0.25, -0.2) is 0 Å². The van der Waals surface area contributed by atoms with Gasteiger partial charge in [0.25, 0.3) is 0 Å². The zero-order chi connectivity index (χ0) is 31.2. The van der Waals surface area contributed by atoms with Crippen LogP contribution in [0, 0.1) is 6.92 Å². The molecule has 0 bridgehead atoms. The second-order valence-electron chi connectivity index (χ2n) is 11.9. The predicted octanol–water partition coefficient (Wildman–Crippen LogP) is 12.3. The van der Waals surface area contributed by atoms with Crippen molar-refractivity contribution in [3.8, 4) is 22.3 Å². The Kier molecular flexibility index (Phi) is 5.99. The molecule has 1 aromatic heterocycles. The molecule has 4 heteroatoms. The molecule has 0 amide bonds. The van der Waals surface area contributed by atoms with Gasteiger partial charge in [0.05, 0.1) is 0 Å². The third kappa shape index (κ3) is 3.94. The van der Waals surface area contributed by atoms with Crippen molar-refractivity contribution in [3.63, 3.8) is 0 Å². The van der Waals surface area contributed by atoms with E-state index >= 15 is 0 Å². The number of hydrogen-bond donors (Lipinski definition) is 0. The molecule has 220 valence electrons. The molecule has 0 radical (unpaired) electrons. The summed E-state index contributed by atoms with van der Waals surface area (Å²) in [5.74, 6) is 0. The van der Waals surface area contributed by atoms with Crippen LogP contribution in [0.4, 0.5) is 13.2 Å². The Morgan fingerprint density at radius 1 is 0.457 bits per heavy atom. The van der Waals surface area contributed by atoms with Crippen molar-refractivity contribution in [3.05, 3.63) is 145 Å². The Hall–Kier alpha value is -4.89. The predicted molar refractivity (Wildman–Crippen MR) is 189 cm³/mol. The number of hydrogen-bond acceptors (Lipinski definition) is 0. The van der Waals surface area contributed by atoms with Crippen molar-refractivity contribution >= 4 is 76.9 Å². The van der Waals surface area contributed by atoms with Crippen LogP contribution in [-0.2, 0) is 6.18 Å². The first-order valence-corrected chi connectivity index (χ1v) is 17.0. The van der Waals surface area contributed by atoms with E-state index < -0.39 is 11.7 Å². The molecule has 0 aliphatic rings. The molecule has 0 fully saturated rings. The van der Waals surface area contributed by atoms with Gasteiger partial charge in [-0.15, -0.1) is 0 Å². The number of benzene rings is 8. The number of rotatable bonds is 2. The molecule has 0 aliphatic carbocycles. The molecule has 1 heterocycles. The van der Waals surface area contributed by atoms with Crippen LogP contribution in [-0.4, -0.2) is 14.5 Å². The Labute approximate surface area is 269 Å². The molecule has 8 aromatic carbocycles. The summed E-state index contributed by atoms with van der Waals surface area (Å²) in [6.45, 7) is 2.20. The van der Waals surface area contributed by atoms with Crippen molar-refractivity contribution in [1.82, 2.24) is 0 Å². The van der Waals surface area contributed by atoms with Crippen LogP contribution in [0.2, 0.25) is 0 Å². The summed E-state index contributed by atoms with van der Waals surface area (Å²) in [6.07, 6.45) is -4.47. The summed E-state index contributed by atoms with van der Waals surface area (Å²) in [6, 6.07) is 44.4. The number of fused-ring (bicyclic) bond motifs is 7. The van der Waals surface area contributed by atoms with E-state index in [4.69, 9.17) is 0 Å². The molecular weight excluding hydrogens is 640 g/mol. The molecule has 0 spiro atoms. The van der Waals surface area contributed by atoms with E-state index in [1.165, 1.54) is 57.5 Å². The van der Waals surface area contributed by atoms with Gasteiger partial charge in [-0.3, -0.25) is 0 Å².